The molecule has 3 N–H and O–H groups in total. The van der Waals surface area contributed by atoms with Crippen molar-refractivity contribution < 1.29 is 9.53 Å². The van der Waals surface area contributed by atoms with E-state index in [0.29, 0.717) is 0 Å². The van der Waals surface area contributed by atoms with Gasteiger partial charge in [0.15, 0.2) is 0 Å². The van der Waals surface area contributed by atoms with Crippen LogP contribution in [0.5, 0.6) is 5.75 Å². The van der Waals surface area contributed by atoms with Crippen molar-refractivity contribution in [3.05, 3.63) is 24.3 Å². The SMILES string of the molecule is CCCCOc1ccc(NC(=O)C(C)N)cc1. The molecule has 0 saturated carbocycles. The molecule has 1 amide bonds. The maximum atomic E-state index is 11.3. The monoisotopic (exact) mass is 236 g/mol. The summed E-state index contributed by atoms with van der Waals surface area (Å²) in [5.41, 5.74) is 6.19. The minimum absolute atomic E-state index is 0.190. The number of ether oxygens (including phenoxy) is 1. The number of carbonyl (C=O) groups is 1. The van der Waals surface area contributed by atoms with E-state index in [4.69, 9.17) is 10.5 Å². The molecular weight excluding hydrogens is 216 g/mol. The highest BCUT2D eigenvalue weighted by Gasteiger charge is 2.06. The van der Waals surface area contributed by atoms with Gasteiger partial charge >= 0.3 is 0 Å². The molecule has 17 heavy (non-hydrogen) atoms. The van der Waals surface area contributed by atoms with Crippen LogP contribution < -0.4 is 15.8 Å². The van der Waals surface area contributed by atoms with E-state index in [1.807, 2.05) is 24.3 Å². The van der Waals surface area contributed by atoms with Crippen LogP contribution in [-0.2, 0) is 4.79 Å². The summed E-state index contributed by atoms with van der Waals surface area (Å²) >= 11 is 0. The Bertz CT molecular complexity index is 347. The summed E-state index contributed by atoms with van der Waals surface area (Å²) in [4.78, 5) is 11.3. The zero-order valence-corrected chi connectivity index (χ0v) is 10.4. The van der Waals surface area contributed by atoms with Gasteiger partial charge in [0.2, 0.25) is 5.91 Å². The molecule has 0 bridgehead atoms. The third-order valence-corrected chi connectivity index (χ3v) is 2.30. The minimum atomic E-state index is -0.504. The van der Waals surface area contributed by atoms with Crippen molar-refractivity contribution in [3.8, 4) is 5.75 Å². The standard InChI is InChI=1S/C13H20N2O2/c1-3-4-9-17-12-7-5-11(6-8-12)15-13(16)10(2)14/h5-8,10H,3-4,9,14H2,1-2H3,(H,15,16). The normalized spacial score (nSPS) is 11.9. The summed E-state index contributed by atoms with van der Waals surface area (Å²) < 4.78 is 5.52. The van der Waals surface area contributed by atoms with Crippen LogP contribution in [0.4, 0.5) is 5.69 Å². The van der Waals surface area contributed by atoms with Crippen molar-refractivity contribution in [2.24, 2.45) is 5.73 Å². The van der Waals surface area contributed by atoms with Gasteiger partial charge in [-0.05, 0) is 37.6 Å². The lowest BCUT2D eigenvalue weighted by molar-refractivity contribution is -0.117. The van der Waals surface area contributed by atoms with Gasteiger partial charge in [0, 0.05) is 5.69 Å². The Kier molecular flexibility index (Phi) is 5.49. The lowest BCUT2D eigenvalue weighted by atomic mass is 10.2. The number of hydrogen-bond acceptors (Lipinski definition) is 3. The van der Waals surface area contributed by atoms with E-state index >= 15 is 0 Å². The molecule has 4 nitrogen and oxygen atoms in total. The third-order valence-electron chi connectivity index (χ3n) is 2.30. The van der Waals surface area contributed by atoms with Gasteiger partial charge < -0.3 is 15.8 Å². The summed E-state index contributed by atoms with van der Waals surface area (Å²) in [6.07, 6.45) is 2.16. The second-order valence-corrected chi connectivity index (χ2v) is 4.00. The number of carbonyl (C=O) groups excluding carboxylic acids is 1. The lowest BCUT2D eigenvalue weighted by Gasteiger charge is -2.09. The van der Waals surface area contributed by atoms with Crippen LogP contribution in [0.3, 0.4) is 0 Å². The molecule has 0 spiro atoms. The number of benzene rings is 1. The van der Waals surface area contributed by atoms with E-state index in [1.165, 1.54) is 0 Å². The summed E-state index contributed by atoms with van der Waals surface area (Å²) in [5, 5.41) is 2.72. The first-order valence-electron chi connectivity index (χ1n) is 5.92. The van der Waals surface area contributed by atoms with Gasteiger partial charge in [0.1, 0.15) is 5.75 Å². The fourth-order valence-corrected chi connectivity index (χ4v) is 1.22. The summed E-state index contributed by atoms with van der Waals surface area (Å²) in [7, 11) is 0. The van der Waals surface area contributed by atoms with Crippen molar-refractivity contribution in [1.82, 2.24) is 0 Å². The fraction of sp³-hybridized carbons (Fsp3) is 0.462. The topological polar surface area (TPSA) is 64.3 Å². The molecule has 0 aliphatic heterocycles. The van der Waals surface area contributed by atoms with Gasteiger partial charge in [-0.25, -0.2) is 0 Å². The number of unbranched alkanes of at least 4 members (excludes halogenated alkanes) is 1. The molecule has 0 aliphatic carbocycles. The zero-order valence-electron chi connectivity index (χ0n) is 10.4. The molecule has 0 fully saturated rings. The molecule has 1 rings (SSSR count). The first-order valence-corrected chi connectivity index (χ1v) is 5.92. The third kappa shape index (κ3) is 4.87. The number of hydrogen-bond donors (Lipinski definition) is 2. The Morgan fingerprint density at radius 3 is 2.59 bits per heavy atom. The summed E-state index contributed by atoms with van der Waals surface area (Å²) in [5.74, 6) is 0.627. The molecule has 4 heteroatoms. The highest BCUT2D eigenvalue weighted by molar-refractivity contribution is 5.94. The number of rotatable bonds is 6. The highest BCUT2D eigenvalue weighted by atomic mass is 16.5. The average molecular weight is 236 g/mol. The van der Waals surface area contributed by atoms with E-state index < -0.39 is 6.04 Å². The van der Waals surface area contributed by atoms with Crippen LogP contribution in [0.1, 0.15) is 26.7 Å². The van der Waals surface area contributed by atoms with Crippen molar-refractivity contribution >= 4 is 11.6 Å². The quantitative estimate of drug-likeness (QED) is 0.744. The molecule has 0 radical (unpaired) electrons. The first kappa shape index (κ1) is 13.5. The Balaban J connectivity index is 2.47. The molecule has 1 unspecified atom stereocenters. The second-order valence-electron chi connectivity index (χ2n) is 4.00. The molecule has 1 atom stereocenters. The fourth-order valence-electron chi connectivity index (χ4n) is 1.22. The predicted molar refractivity (Wildman–Crippen MR) is 69.1 cm³/mol. The zero-order chi connectivity index (χ0) is 12.7. The summed E-state index contributed by atoms with van der Waals surface area (Å²) in [6, 6.07) is 6.79. The number of nitrogens with one attached hydrogen (secondary N) is 1. The summed E-state index contributed by atoms with van der Waals surface area (Å²) in [6.45, 7) is 4.50. The van der Waals surface area contributed by atoms with Crippen LogP contribution in [0.2, 0.25) is 0 Å². The Hall–Kier alpha value is -1.55. The molecule has 0 saturated heterocycles. The van der Waals surface area contributed by atoms with Gasteiger partial charge in [0.05, 0.1) is 12.6 Å². The molecule has 1 aromatic carbocycles. The van der Waals surface area contributed by atoms with Crippen LogP contribution >= 0.6 is 0 Å². The number of amides is 1. The molecular formula is C13H20N2O2. The van der Waals surface area contributed by atoms with Gasteiger partial charge in [-0.2, -0.15) is 0 Å². The van der Waals surface area contributed by atoms with Crippen molar-refractivity contribution in [3.63, 3.8) is 0 Å². The van der Waals surface area contributed by atoms with Gasteiger partial charge in [-0.3, -0.25) is 4.79 Å². The molecule has 1 aromatic rings. The van der Waals surface area contributed by atoms with E-state index in [1.54, 1.807) is 6.92 Å². The maximum absolute atomic E-state index is 11.3. The second kappa shape index (κ2) is 6.91. The van der Waals surface area contributed by atoms with Crippen LogP contribution in [0, 0.1) is 0 Å². The Morgan fingerprint density at radius 2 is 2.06 bits per heavy atom. The van der Waals surface area contributed by atoms with Gasteiger partial charge in [-0.1, -0.05) is 13.3 Å². The predicted octanol–water partition coefficient (Wildman–Crippen LogP) is 2.15. The largest absolute Gasteiger partial charge is 0.494 e. The Morgan fingerprint density at radius 1 is 1.41 bits per heavy atom. The molecule has 0 aromatic heterocycles. The van der Waals surface area contributed by atoms with Crippen molar-refractivity contribution in [1.29, 1.82) is 0 Å². The van der Waals surface area contributed by atoms with Crippen LogP contribution in [0.25, 0.3) is 0 Å². The maximum Gasteiger partial charge on any atom is 0.240 e. The van der Waals surface area contributed by atoms with E-state index in [2.05, 4.69) is 12.2 Å². The smallest absolute Gasteiger partial charge is 0.240 e. The minimum Gasteiger partial charge on any atom is -0.494 e. The highest BCUT2D eigenvalue weighted by Crippen LogP contribution is 2.16. The van der Waals surface area contributed by atoms with E-state index in [-0.39, 0.29) is 5.91 Å². The number of anilines is 1. The van der Waals surface area contributed by atoms with Gasteiger partial charge in [-0.15, -0.1) is 0 Å². The van der Waals surface area contributed by atoms with E-state index in [0.717, 1.165) is 30.9 Å². The van der Waals surface area contributed by atoms with Crippen molar-refractivity contribution in [2.75, 3.05) is 11.9 Å². The van der Waals surface area contributed by atoms with Crippen LogP contribution in [0.15, 0.2) is 24.3 Å². The average Bonchev–Trinajstić information content (AvgIpc) is 2.31. The van der Waals surface area contributed by atoms with Crippen molar-refractivity contribution in [2.45, 2.75) is 32.7 Å². The lowest BCUT2D eigenvalue weighted by Crippen LogP contribution is -2.32. The number of nitrogens with two attached hydrogens (primary N) is 1. The van der Waals surface area contributed by atoms with Gasteiger partial charge in [0.25, 0.3) is 0 Å². The first-order chi connectivity index (χ1) is 8.13. The molecule has 0 aliphatic rings. The molecule has 94 valence electrons. The molecule has 0 heterocycles. The van der Waals surface area contributed by atoms with Crippen LogP contribution in [-0.4, -0.2) is 18.6 Å². The Labute approximate surface area is 102 Å². The van der Waals surface area contributed by atoms with E-state index in [9.17, 15) is 4.79 Å².